The van der Waals surface area contributed by atoms with E-state index in [-0.39, 0.29) is 0 Å². The first-order valence-corrected chi connectivity index (χ1v) is 5.36. The monoisotopic (exact) mass is 226 g/mol. The smallest absolute Gasteiger partial charge is 0.128 e. The molecule has 2 aromatic carbocycles. The summed E-state index contributed by atoms with van der Waals surface area (Å²) >= 11 is 0. The van der Waals surface area contributed by atoms with E-state index in [1.165, 1.54) is 0 Å². The summed E-state index contributed by atoms with van der Waals surface area (Å²) in [5, 5.41) is 0. The normalized spacial score (nSPS) is 9.71. The van der Waals surface area contributed by atoms with Gasteiger partial charge in [-0.05, 0) is 42.0 Å². The van der Waals surface area contributed by atoms with Gasteiger partial charge in [-0.25, -0.2) is 0 Å². The Labute approximate surface area is 101 Å². The molecule has 2 rings (SSSR count). The van der Waals surface area contributed by atoms with E-state index in [4.69, 9.17) is 9.47 Å². The van der Waals surface area contributed by atoms with Gasteiger partial charge >= 0.3 is 0 Å². The number of benzene rings is 2. The lowest BCUT2D eigenvalue weighted by atomic mass is 10.2. The molecule has 0 aliphatic heterocycles. The summed E-state index contributed by atoms with van der Waals surface area (Å²) in [6.07, 6.45) is 1.79. The number of hydrogen-bond acceptors (Lipinski definition) is 2. The SMILES string of the molecule is C=Cc1cccc(Oc2ccc(OC)cc2)c1. The van der Waals surface area contributed by atoms with Crippen LogP contribution in [0.5, 0.6) is 17.2 Å². The highest BCUT2D eigenvalue weighted by atomic mass is 16.5. The Bertz CT molecular complexity index is 501. The topological polar surface area (TPSA) is 18.5 Å². The van der Waals surface area contributed by atoms with Gasteiger partial charge in [-0.15, -0.1) is 0 Å². The van der Waals surface area contributed by atoms with Crippen molar-refractivity contribution in [1.29, 1.82) is 0 Å². The maximum Gasteiger partial charge on any atom is 0.128 e. The summed E-state index contributed by atoms with van der Waals surface area (Å²) in [7, 11) is 1.64. The van der Waals surface area contributed by atoms with Gasteiger partial charge in [0.1, 0.15) is 17.2 Å². The van der Waals surface area contributed by atoms with Gasteiger partial charge in [-0.1, -0.05) is 24.8 Å². The highest BCUT2D eigenvalue weighted by Gasteiger charge is 1.98. The van der Waals surface area contributed by atoms with Crippen LogP contribution in [0.4, 0.5) is 0 Å². The fourth-order valence-electron chi connectivity index (χ4n) is 1.48. The summed E-state index contributed by atoms with van der Waals surface area (Å²) in [5.74, 6) is 2.40. The largest absolute Gasteiger partial charge is 0.497 e. The second kappa shape index (κ2) is 5.21. The molecular formula is C15H14O2. The molecule has 0 heterocycles. The van der Waals surface area contributed by atoms with Crippen LogP contribution in [0.1, 0.15) is 5.56 Å². The Morgan fingerprint density at radius 1 is 0.941 bits per heavy atom. The van der Waals surface area contributed by atoms with Gasteiger partial charge in [-0.3, -0.25) is 0 Å². The van der Waals surface area contributed by atoms with E-state index in [0.717, 1.165) is 22.8 Å². The molecule has 0 aliphatic rings. The minimum absolute atomic E-state index is 0.784. The molecule has 0 spiro atoms. The number of methoxy groups -OCH3 is 1. The van der Waals surface area contributed by atoms with Crippen LogP contribution < -0.4 is 9.47 Å². The fourth-order valence-corrected chi connectivity index (χ4v) is 1.48. The Morgan fingerprint density at radius 3 is 2.29 bits per heavy atom. The zero-order chi connectivity index (χ0) is 12.1. The molecule has 0 fully saturated rings. The third-order valence-electron chi connectivity index (χ3n) is 2.39. The van der Waals surface area contributed by atoms with Crippen LogP contribution in [0.25, 0.3) is 6.08 Å². The molecule has 2 nitrogen and oxygen atoms in total. The van der Waals surface area contributed by atoms with Crippen LogP contribution in [-0.4, -0.2) is 7.11 Å². The summed E-state index contributed by atoms with van der Waals surface area (Å²) in [6.45, 7) is 3.73. The first-order chi connectivity index (χ1) is 8.31. The summed E-state index contributed by atoms with van der Waals surface area (Å²) < 4.78 is 10.8. The van der Waals surface area contributed by atoms with E-state index in [2.05, 4.69) is 6.58 Å². The lowest BCUT2D eigenvalue weighted by Crippen LogP contribution is -1.86. The van der Waals surface area contributed by atoms with Crippen LogP contribution in [0, 0.1) is 0 Å². The summed E-state index contributed by atoms with van der Waals surface area (Å²) in [4.78, 5) is 0. The van der Waals surface area contributed by atoms with E-state index in [1.807, 2.05) is 48.5 Å². The molecular weight excluding hydrogens is 212 g/mol. The van der Waals surface area contributed by atoms with Crippen LogP contribution in [0.3, 0.4) is 0 Å². The Balaban J connectivity index is 2.16. The first kappa shape index (κ1) is 11.3. The predicted molar refractivity (Wildman–Crippen MR) is 69.6 cm³/mol. The molecule has 0 aromatic heterocycles. The average molecular weight is 226 g/mol. The van der Waals surface area contributed by atoms with Crippen molar-refractivity contribution in [3.05, 3.63) is 60.7 Å². The average Bonchev–Trinajstić information content (AvgIpc) is 2.40. The maximum atomic E-state index is 5.72. The van der Waals surface area contributed by atoms with Crippen LogP contribution in [-0.2, 0) is 0 Å². The second-order valence-corrected chi connectivity index (χ2v) is 3.55. The minimum Gasteiger partial charge on any atom is -0.497 e. The van der Waals surface area contributed by atoms with Crippen LogP contribution in [0.2, 0.25) is 0 Å². The molecule has 0 saturated carbocycles. The van der Waals surface area contributed by atoms with Gasteiger partial charge in [0, 0.05) is 0 Å². The Hall–Kier alpha value is -2.22. The van der Waals surface area contributed by atoms with Crippen molar-refractivity contribution in [1.82, 2.24) is 0 Å². The summed E-state index contributed by atoms with van der Waals surface area (Å²) in [6, 6.07) is 15.3. The summed E-state index contributed by atoms with van der Waals surface area (Å²) in [5.41, 5.74) is 1.04. The minimum atomic E-state index is 0.784. The van der Waals surface area contributed by atoms with E-state index in [1.54, 1.807) is 13.2 Å². The van der Waals surface area contributed by atoms with Gasteiger partial charge < -0.3 is 9.47 Å². The highest BCUT2D eigenvalue weighted by Crippen LogP contribution is 2.24. The van der Waals surface area contributed by atoms with Crippen molar-refractivity contribution in [2.45, 2.75) is 0 Å². The van der Waals surface area contributed by atoms with Crippen molar-refractivity contribution in [3.63, 3.8) is 0 Å². The number of hydrogen-bond donors (Lipinski definition) is 0. The maximum absolute atomic E-state index is 5.72. The van der Waals surface area contributed by atoms with Gasteiger partial charge in [0.05, 0.1) is 7.11 Å². The van der Waals surface area contributed by atoms with Gasteiger partial charge in [0.25, 0.3) is 0 Å². The zero-order valence-corrected chi connectivity index (χ0v) is 9.72. The highest BCUT2D eigenvalue weighted by molar-refractivity contribution is 5.50. The third kappa shape index (κ3) is 2.88. The molecule has 86 valence electrons. The van der Waals surface area contributed by atoms with Gasteiger partial charge in [0.2, 0.25) is 0 Å². The van der Waals surface area contributed by atoms with Crippen molar-refractivity contribution in [2.75, 3.05) is 7.11 Å². The quantitative estimate of drug-likeness (QED) is 0.780. The van der Waals surface area contributed by atoms with Crippen molar-refractivity contribution < 1.29 is 9.47 Å². The van der Waals surface area contributed by atoms with E-state index in [0.29, 0.717) is 0 Å². The number of ether oxygens (including phenoxy) is 2. The molecule has 0 bridgehead atoms. The van der Waals surface area contributed by atoms with E-state index < -0.39 is 0 Å². The Morgan fingerprint density at radius 2 is 1.65 bits per heavy atom. The standard InChI is InChI=1S/C15H14O2/c1-3-12-5-4-6-15(11-12)17-14-9-7-13(16-2)8-10-14/h3-11H,1H2,2H3. The van der Waals surface area contributed by atoms with E-state index in [9.17, 15) is 0 Å². The lowest BCUT2D eigenvalue weighted by Gasteiger charge is -2.07. The molecule has 17 heavy (non-hydrogen) atoms. The first-order valence-electron chi connectivity index (χ1n) is 5.36. The molecule has 0 atom stereocenters. The van der Waals surface area contributed by atoms with Gasteiger partial charge in [-0.2, -0.15) is 0 Å². The number of rotatable bonds is 4. The molecule has 2 heteroatoms. The molecule has 0 amide bonds. The Kier molecular flexibility index (Phi) is 3.46. The molecule has 0 saturated heterocycles. The molecule has 0 N–H and O–H groups in total. The lowest BCUT2D eigenvalue weighted by molar-refractivity contribution is 0.413. The predicted octanol–water partition coefficient (Wildman–Crippen LogP) is 4.13. The zero-order valence-electron chi connectivity index (χ0n) is 9.72. The molecule has 2 aromatic rings. The van der Waals surface area contributed by atoms with Crippen molar-refractivity contribution >= 4 is 6.08 Å². The van der Waals surface area contributed by atoms with Gasteiger partial charge in [0.15, 0.2) is 0 Å². The second-order valence-electron chi connectivity index (χ2n) is 3.55. The third-order valence-corrected chi connectivity index (χ3v) is 2.39. The van der Waals surface area contributed by atoms with Crippen molar-refractivity contribution in [2.24, 2.45) is 0 Å². The van der Waals surface area contributed by atoms with Crippen molar-refractivity contribution in [3.8, 4) is 17.2 Å². The van der Waals surface area contributed by atoms with E-state index >= 15 is 0 Å². The fraction of sp³-hybridized carbons (Fsp3) is 0.0667. The van der Waals surface area contributed by atoms with Crippen LogP contribution in [0.15, 0.2) is 55.1 Å². The molecule has 0 radical (unpaired) electrons. The molecule has 0 aliphatic carbocycles. The molecule has 0 unspecified atom stereocenters. The van der Waals surface area contributed by atoms with Crippen LogP contribution >= 0.6 is 0 Å².